The molecule has 17 aromatic rings. The first-order valence-corrected chi connectivity index (χ1v) is 34.0. The molecule has 5 heteroatoms. The third-order valence-electron chi connectivity index (χ3n) is 21.1. The fourth-order valence-corrected chi connectivity index (χ4v) is 16.2. The van der Waals surface area contributed by atoms with E-state index in [4.69, 9.17) is 15.0 Å². The molecule has 0 saturated heterocycles. The largest absolute Gasteiger partial charge is 0.309 e. The van der Waals surface area contributed by atoms with Gasteiger partial charge in [0.2, 0.25) is 0 Å². The SMILES string of the molecule is CC1(C)c2ccccc2-c2ccc(-c3ccc4c(c3)c3ccccc3n4-c3cccc(-c4nc(-c5cccc(-c6cc(-c7ccccc7)cc(-c7ccccc7)c6)c5)nc(-c5cccc(-n6c7ccccc7c7cc(-c8ccc9c(c8)C(C)(C)c8ccccc8-9)ccc76)c5)n4)c3)cc21. The van der Waals surface area contributed by atoms with E-state index in [1.54, 1.807) is 0 Å². The first kappa shape index (κ1) is 57.2. The highest BCUT2D eigenvalue weighted by Gasteiger charge is 2.37. The summed E-state index contributed by atoms with van der Waals surface area (Å²) in [4.78, 5) is 16.5. The number of hydrogen-bond acceptors (Lipinski definition) is 3. The molecule has 0 aliphatic heterocycles. The maximum atomic E-state index is 5.51. The van der Waals surface area contributed by atoms with Gasteiger partial charge in [0.05, 0.1) is 22.1 Å². The Kier molecular flexibility index (Phi) is 12.9. The lowest BCUT2D eigenvalue weighted by Crippen LogP contribution is -2.14. The molecule has 0 atom stereocenters. The molecule has 3 aromatic heterocycles. The lowest BCUT2D eigenvalue weighted by Gasteiger charge is -2.22. The fourth-order valence-electron chi connectivity index (χ4n) is 16.2. The normalized spacial score (nSPS) is 13.3. The zero-order chi connectivity index (χ0) is 65.4. The van der Waals surface area contributed by atoms with Gasteiger partial charge in [-0.05, 0) is 197 Å². The Morgan fingerprint density at radius 1 is 0.204 bits per heavy atom. The number of rotatable bonds is 10. The van der Waals surface area contributed by atoms with Gasteiger partial charge in [-0.1, -0.05) is 252 Å². The molecule has 3 heterocycles. The molecule has 98 heavy (non-hydrogen) atoms. The molecule has 0 bridgehead atoms. The van der Waals surface area contributed by atoms with E-state index >= 15 is 0 Å². The summed E-state index contributed by atoms with van der Waals surface area (Å²) in [5.74, 6) is 1.73. The van der Waals surface area contributed by atoms with Crippen molar-refractivity contribution < 1.29 is 0 Å². The molecular weight excluding hydrogens is 1190 g/mol. The summed E-state index contributed by atoms with van der Waals surface area (Å²) in [7, 11) is 0. The van der Waals surface area contributed by atoms with Gasteiger partial charge in [-0.3, -0.25) is 0 Å². The topological polar surface area (TPSA) is 48.5 Å². The summed E-state index contributed by atoms with van der Waals surface area (Å²) in [5.41, 5.74) is 31.4. The van der Waals surface area contributed by atoms with E-state index in [9.17, 15) is 0 Å². The van der Waals surface area contributed by atoms with Crippen LogP contribution >= 0.6 is 0 Å². The Labute approximate surface area is 570 Å². The zero-order valence-corrected chi connectivity index (χ0v) is 54.8. The lowest BCUT2D eigenvalue weighted by molar-refractivity contribution is 0.660. The summed E-state index contributed by atoms with van der Waals surface area (Å²) in [6.07, 6.45) is 0. The van der Waals surface area contributed by atoms with E-state index in [2.05, 4.69) is 358 Å². The van der Waals surface area contributed by atoms with Crippen LogP contribution in [0.4, 0.5) is 0 Å². The predicted molar refractivity (Wildman–Crippen MR) is 407 cm³/mol. The highest BCUT2D eigenvalue weighted by atomic mass is 15.0. The second-order valence-corrected chi connectivity index (χ2v) is 27.5. The van der Waals surface area contributed by atoms with Gasteiger partial charge in [0.25, 0.3) is 0 Å². The Morgan fingerprint density at radius 3 is 0.990 bits per heavy atom. The molecule has 14 aromatic carbocycles. The summed E-state index contributed by atoms with van der Waals surface area (Å²) < 4.78 is 4.79. The monoisotopic (exact) mass is 1250 g/mol. The first-order valence-electron chi connectivity index (χ1n) is 34.0. The van der Waals surface area contributed by atoms with Crippen molar-refractivity contribution in [3.05, 3.63) is 344 Å². The first-order chi connectivity index (χ1) is 48.1. The van der Waals surface area contributed by atoms with Crippen molar-refractivity contribution in [1.82, 2.24) is 24.1 Å². The van der Waals surface area contributed by atoms with Gasteiger partial charge in [-0.25, -0.2) is 15.0 Å². The highest BCUT2D eigenvalue weighted by Crippen LogP contribution is 2.52. The van der Waals surface area contributed by atoms with Crippen molar-refractivity contribution in [1.29, 1.82) is 0 Å². The predicted octanol–water partition coefficient (Wildman–Crippen LogP) is 24.0. The van der Waals surface area contributed by atoms with Crippen molar-refractivity contribution in [3.63, 3.8) is 0 Å². The van der Waals surface area contributed by atoms with Crippen molar-refractivity contribution >= 4 is 43.6 Å². The molecule has 0 N–H and O–H groups in total. The molecule has 0 saturated carbocycles. The lowest BCUT2D eigenvalue weighted by atomic mass is 9.81. The standard InChI is InChI=1S/C93H65N5/c1-92(2)81-36-15-11-32-73(81)75-44-40-63(56-83(75)92)61-42-46-87-79(54-61)77-34-13-17-38-85(77)97(87)71-30-20-28-66(52-71)90-94-89(65-27-19-26-60(48-65)70-50-68(58-22-7-5-8-23-58)49-69(51-70)59-24-9-6-10-25-59)95-91(96-90)67-29-21-31-72(53-67)98-86-39-18-14-35-78(86)80-55-62(43-47-88(80)98)64-41-45-76-74-33-12-16-37-82(74)93(3,4)84(76)57-64/h5-57H,1-4H3. The Balaban J connectivity index is 0.743. The van der Waals surface area contributed by atoms with Crippen molar-refractivity contribution in [2.45, 2.75) is 38.5 Å². The van der Waals surface area contributed by atoms with E-state index in [0.717, 1.165) is 83.5 Å². The minimum atomic E-state index is -0.0973. The second kappa shape index (κ2) is 22.1. The van der Waals surface area contributed by atoms with Crippen LogP contribution in [-0.2, 0) is 10.8 Å². The van der Waals surface area contributed by atoms with Crippen molar-refractivity contribution in [3.8, 4) is 123 Å². The van der Waals surface area contributed by atoms with Crippen LogP contribution in [0.15, 0.2) is 322 Å². The molecule has 0 fully saturated rings. The van der Waals surface area contributed by atoms with Crippen LogP contribution in [0.3, 0.4) is 0 Å². The van der Waals surface area contributed by atoms with Gasteiger partial charge in [-0.15, -0.1) is 0 Å². The molecule has 19 rings (SSSR count). The van der Waals surface area contributed by atoms with E-state index in [0.29, 0.717) is 17.5 Å². The van der Waals surface area contributed by atoms with Crippen molar-refractivity contribution in [2.75, 3.05) is 0 Å². The number of nitrogens with zero attached hydrogens (tertiary/aromatic N) is 5. The third kappa shape index (κ3) is 9.18. The van der Waals surface area contributed by atoms with Crippen LogP contribution in [0, 0.1) is 0 Å². The minimum absolute atomic E-state index is 0.0973. The van der Waals surface area contributed by atoms with Gasteiger partial charge >= 0.3 is 0 Å². The van der Waals surface area contributed by atoms with E-state index < -0.39 is 0 Å². The molecule has 0 radical (unpaired) electrons. The average molecular weight is 1250 g/mol. The smallest absolute Gasteiger partial charge is 0.164 e. The van der Waals surface area contributed by atoms with Gasteiger partial charge in [-0.2, -0.15) is 0 Å². The van der Waals surface area contributed by atoms with Crippen LogP contribution in [-0.4, -0.2) is 24.1 Å². The number of hydrogen-bond donors (Lipinski definition) is 0. The summed E-state index contributed by atoms with van der Waals surface area (Å²) >= 11 is 0. The molecule has 2 aliphatic rings. The van der Waals surface area contributed by atoms with Crippen LogP contribution in [0.5, 0.6) is 0 Å². The Bertz CT molecular complexity index is 5780. The molecule has 5 nitrogen and oxygen atoms in total. The van der Waals surface area contributed by atoms with Crippen LogP contribution in [0.25, 0.3) is 167 Å². The molecule has 2 aliphatic carbocycles. The Morgan fingerprint density at radius 2 is 0.520 bits per heavy atom. The van der Waals surface area contributed by atoms with Crippen LogP contribution in [0.2, 0.25) is 0 Å². The van der Waals surface area contributed by atoms with Crippen LogP contribution in [0.1, 0.15) is 49.9 Å². The summed E-state index contributed by atoms with van der Waals surface area (Å²) in [6, 6.07) is 118. The summed E-state index contributed by atoms with van der Waals surface area (Å²) in [5, 5.41) is 4.77. The van der Waals surface area contributed by atoms with Crippen molar-refractivity contribution in [2.24, 2.45) is 0 Å². The highest BCUT2D eigenvalue weighted by molar-refractivity contribution is 6.12. The van der Waals surface area contributed by atoms with Gasteiger partial charge < -0.3 is 9.13 Å². The molecule has 0 amide bonds. The van der Waals surface area contributed by atoms with Gasteiger partial charge in [0, 0.05) is 60.4 Å². The number of benzene rings is 14. The molecule has 462 valence electrons. The van der Waals surface area contributed by atoms with E-state index in [1.165, 1.54) is 88.3 Å². The molecule has 0 unspecified atom stereocenters. The Hall–Kier alpha value is -12.3. The molecule has 0 spiro atoms. The quantitative estimate of drug-likeness (QED) is 0.137. The number of para-hydroxylation sites is 2. The zero-order valence-electron chi connectivity index (χ0n) is 54.8. The fraction of sp³-hybridized carbons (Fsp3) is 0.0645. The number of fused-ring (bicyclic) bond motifs is 12. The minimum Gasteiger partial charge on any atom is -0.309 e. The second-order valence-electron chi connectivity index (χ2n) is 27.5. The third-order valence-corrected chi connectivity index (χ3v) is 21.1. The van der Waals surface area contributed by atoms with E-state index in [1.807, 2.05) is 0 Å². The maximum Gasteiger partial charge on any atom is 0.164 e. The molecular formula is C93H65N5. The van der Waals surface area contributed by atoms with Gasteiger partial charge in [0.1, 0.15) is 0 Å². The average Bonchev–Trinajstić information content (AvgIpc) is 1.58. The van der Waals surface area contributed by atoms with Crippen LogP contribution < -0.4 is 0 Å². The summed E-state index contributed by atoms with van der Waals surface area (Å²) in [6.45, 7) is 9.41. The maximum absolute atomic E-state index is 5.51. The van der Waals surface area contributed by atoms with E-state index in [-0.39, 0.29) is 10.8 Å². The number of aromatic nitrogens is 5. The van der Waals surface area contributed by atoms with Gasteiger partial charge in [0.15, 0.2) is 17.5 Å².